The molecule has 7 heteroatoms. The van der Waals surface area contributed by atoms with E-state index in [0.717, 1.165) is 12.3 Å². The molecule has 1 amide bonds. The quantitative estimate of drug-likeness (QED) is 0.640. The molecular weight excluding hydrogens is 251 g/mol. The van der Waals surface area contributed by atoms with Crippen molar-refractivity contribution in [2.45, 2.75) is 5.38 Å². The number of aromatic nitrogens is 1. The van der Waals surface area contributed by atoms with Crippen LogP contribution in [-0.4, -0.2) is 35.9 Å². The van der Waals surface area contributed by atoms with E-state index in [-0.39, 0.29) is 12.1 Å². The molecule has 0 aliphatic carbocycles. The summed E-state index contributed by atoms with van der Waals surface area (Å²) in [6, 6.07) is 1.03. The molecule has 0 radical (unpaired) electrons. The lowest BCUT2D eigenvalue weighted by Crippen LogP contribution is -2.34. The molecule has 0 aliphatic heterocycles. The summed E-state index contributed by atoms with van der Waals surface area (Å²) >= 11 is 5.62. The van der Waals surface area contributed by atoms with Crippen LogP contribution >= 0.6 is 11.6 Å². The second-order valence-corrected chi connectivity index (χ2v) is 3.62. The SMILES string of the molecule is COC(=O)C(Cl)CNC(=O)c1cncc(F)c1. The molecule has 0 spiro atoms. The standard InChI is InChI=1S/C10H10ClFN2O3/c1-17-10(16)8(11)5-14-9(15)6-2-7(12)4-13-3-6/h2-4,8H,5H2,1H3,(H,14,15). The minimum absolute atomic E-state index is 0.0544. The van der Waals surface area contributed by atoms with Crippen LogP contribution in [-0.2, 0) is 9.53 Å². The maximum atomic E-state index is 12.8. The van der Waals surface area contributed by atoms with Crippen LogP contribution in [0.15, 0.2) is 18.5 Å². The van der Waals surface area contributed by atoms with Gasteiger partial charge in [0.25, 0.3) is 5.91 Å². The lowest BCUT2D eigenvalue weighted by atomic mass is 10.2. The fourth-order valence-corrected chi connectivity index (χ4v) is 1.20. The average Bonchev–Trinajstić information content (AvgIpc) is 2.34. The lowest BCUT2D eigenvalue weighted by molar-refractivity contribution is -0.140. The van der Waals surface area contributed by atoms with Gasteiger partial charge in [0.15, 0.2) is 0 Å². The highest BCUT2D eigenvalue weighted by molar-refractivity contribution is 6.30. The molecule has 1 unspecified atom stereocenters. The van der Waals surface area contributed by atoms with Crippen LogP contribution in [0.25, 0.3) is 0 Å². The number of nitrogens with zero attached hydrogens (tertiary/aromatic N) is 1. The lowest BCUT2D eigenvalue weighted by Gasteiger charge is -2.08. The molecule has 1 rings (SSSR count). The zero-order valence-electron chi connectivity index (χ0n) is 8.94. The van der Waals surface area contributed by atoms with E-state index >= 15 is 0 Å². The number of pyridine rings is 1. The Balaban J connectivity index is 2.53. The zero-order valence-corrected chi connectivity index (χ0v) is 9.70. The molecule has 17 heavy (non-hydrogen) atoms. The van der Waals surface area contributed by atoms with Gasteiger partial charge in [0.05, 0.1) is 18.9 Å². The number of alkyl halides is 1. The van der Waals surface area contributed by atoms with E-state index in [1.165, 1.54) is 13.3 Å². The maximum absolute atomic E-state index is 12.8. The predicted octanol–water partition coefficient (Wildman–Crippen LogP) is 0.731. The molecule has 1 aromatic heterocycles. The highest BCUT2D eigenvalue weighted by Gasteiger charge is 2.17. The van der Waals surface area contributed by atoms with Crippen molar-refractivity contribution in [3.05, 3.63) is 29.8 Å². The number of hydrogen-bond acceptors (Lipinski definition) is 4. The van der Waals surface area contributed by atoms with Crippen molar-refractivity contribution in [3.63, 3.8) is 0 Å². The van der Waals surface area contributed by atoms with Crippen LogP contribution in [0.5, 0.6) is 0 Å². The van der Waals surface area contributed by atoms with E-state index in [9.17, 15) is 14.0 Å². The Morgan fingerprint density at radius 3 is 2.88 bits per heavy atom. The minimum Gasteiger partial charge on any atom is -0.468 e. The number of hydrogen-bond donors (Lipinski definition) is 1. The molecule has 1 N–H and O–H groups in total. The van der Waals surface area contributed by atoms with Crippen molar-refractivity contribution in [1.29, 1.82) is 0 Å². The van der Waals surface area contributed by atoms with E-state index in [4.69, 9.17) is 11.6 Å². The summed E-state index contributed by atoms with van der Waals surface area (Å²) in [6.07, 6.45) is 2.19. The number of carbonyl (C=O) groups is 2. The van der Waals surface area contributed by atoms with Crippen molar-refractivity contribution in [3.8, 4) is 0 Å². The van der Waals surface area contributed by atoms with Gasteiger partial charge in [-0.15, -0.1) is 11.6 Å². The van der Waals surface area contributed by atoms with Gasteiger partial charge in [-0.05, 0) is 6.07 Å². The number of halogens is 2. The molecule has 0 saturated carbocycles. The van der Waals surface area contributed by atoms with Crippen LogP contribution in [0.1, 0.15) is 10.4 Å². The molecule has 0 aromatic carbocycles. The highest BCUT2D eigenvalue weighted by atomic mass is 35.5. The van der Waals surface area contributed by atoms with Crippen molar-refractivity contribution in [2.75, 3.05) is 13.7 Å². The monoisotopic (exact) mass is 260 g/mol. The molecule has 0 saturated heterocycles. The smallest absolute Gasteiger partial charge is 0.325 e. The van der Waals surface area contributed by atoms with Gasteiger partial charge >= 0.3 is 5.97 Å². The topological polar surface area (TPSA) is 68.3 Å². The first-order chi connectivity index (χ1) is 8.04. The summed E-state index contributed by atoms with van der Waals surface area (Å²) in [6.45, 7) is -0.108. The van der Waals surface area contributed by atoms with E-state index in [1.54, 1.807) is 0 Å². The van der Waals surface area contributed by atoms with Crippen molar-refractivity contribution < 1.29 is 18.7 Å². The van der Waals surface area contributed by atoms with E-state index in [1.807, 2.05) is 0 Å². The number of esters is 1. The normalized spacial score (nSPS) is 11.7. The van der Waals surface area contributed by atoms with Gasteiger partial charge in [0, 0.05) is 12.7 Å². The van der Waals surface area contributed by atoms with Gasteiger partial charge < -0.3 is 10.1 Å². The van der Waals surface area contributed by atoms with E-state index < -0.39 is 23.1 Å². The number of ether oxygens (including phenoxy) is 1. The Morgan fingerprint density at radius 2 is 2.29 bits per heavy atom. The second kappa shape index (κ2) is 6.15. The van der Waals surface area contributed by atoms with Gasteiger partial charge in [-0.25, -0.2) is 4.39 Å². The van der Waals surface area contributed by atoms with Gasteiger partial charge in [0.1, 0.15) is 11.2 Å². The van der Waals surface area contributed by atoms with Crippen LogP contribution < -0.4 is 5.32 Å². The van der Waals surface area contributed by atoms with Gasteiger partial charge in [-0.1, -0.05) is 0 Å². The Hall–Kier alpha value is -1.69. The maximum Gasteiger partial charge on any atom is 0.325 e. The third-order valence-electron chi connectivity index (χ3n) is 1.87. The Labute approximate surface area is 102 Å². The molecule has 92 valence electrons. The largest absolute Gasteiger partial charge is 0.468 e. The minimum atomic E-state index is -0.981. The third kappa shape index (κ3) is 3.99. The third-order valence-corrected chi connectivity index (χ3v) is 2.20. The van der Waals surface area contributed by atoms with Crippen molar-refractivity contribution >= 4 is 23.5 Å². The van der Waals surface area contributed by atoms with E-state index in [0.29, 0.717) is 0 Å². The Bertz CT molecular complexity index is 428. The number of methoxy groups -OCH3 is 1. The van der Waals surface area contributed by atoms with Crippen molar-refractivity contribution in [2.24, 2.45) is 0 Å². The first kappa shape index (κ1) is 13.4. The van der Waals surface area contributed by atoms with Crippen LogP contribution in [0.4, 0.5) is 4.39 Å². The number of rotatable bonds is 4. The van der Waals surface area contributed by atoms with Crippen molar-refractivity contribution in [1.82, 2.24) is 10.3 Å². The average molecular weight is 261 g/mol. The van der Waals surface area contributed by atoms with Gasteiger partial charge in [-0.2, -0.15) is 0 Å². The molecular formula is C10H10ClFN2O3. The fourth-order valence-electron chi connectivity index (χ4n) is 1.03. The van der Waals surface area contributed by atoms with E-state index in [2.05, 4.69) is 15.0 Å². The summed E-state index contributed by atoms with van der Waals surface area (Å²) in [4.78, 5) is 25.9. The number of carbonyl (C=O) groups excluding carboxylic acids is 2. The molecule has 1 heterocycles. The Kier molecular flexibility index (Phi) is 4.84. The number of amides is 1. The van der Waals surface area contributed by atoms with Crippen LogP contribution in [0.3, 0.4) is 0 Å². The summed E-state index contributed by atoms with van der Waals surface area (Å²) < 4.78 is 17.1. The van der Waals surface area contributed by atoms with Gasteiger partial charge in [-0.3, -0.25) is 14.6 Å². The zero-order chi connectivity index (χ0) is 12.8. The first-order valence-electron chi connectivity index (χ1n) is 4.65. The molecule has 0 fully saturated rings. The first-order valence-corrected chi connectivity index (χ1v) is 5.09. The van der Waals surface area contributed by atoms with Crippen LogP contribution in [0.2, 0.25) is 0 Å². The summed E-state index contributed by atoms with van der Waals surface area (Å²) in [5.74, 6) is -1.83. The highest BCUT2D eigenvalue weighted by Crippen LogP contribution is 2.02. The second-order valence-electron chi connectivity index (χ2n) is 3.09. The fraction of sp³-hybridized carbons (Fsp3) is 0.300. The number of nitrogens with one attached hydrogen (secondary N) is 1. The molecule has 1 atom stereocenters. The molecule has 0 aliphatic rings. The summed E-state index contributed by atoms with van der Waals surface area (Å²) in [5, 5.41) is 1.38. The summed E-state index contributed by atoms with van der Waals surface area (Å²) in [5.41, 5.74) is 0.0544. The van der Waals surface area contributed by atoms with Crippen LogP contribution in [0, 0.1) is 5.82 Å². The molecule has 1 aromatic rings. The molecule has 5 nitrogen and oxygen atoms in total. The summed E-state index contributed by atoms with van der Waals surface area (Å²) in [7, 11) is 1.19. The predicted molar refractivity (Wildman–Crippen MR) is 58.2 cm³/mol. The van der Waals surface area contributed by atoms with Gasteiger partial charge in [0.2, 0.25) is 0 Å². The Morgan fingerprint density at radius 1 is 1.59 bits per heavy atom. The molecule has 0 bridgehead atoms.